The van der Waals surface area contributed by atoms with Gasteiger partial charge in [0.1, 0.15) is 17.6 Å². The normalized spacial score (nSPS) is 21.0. The predicted molar refractivity (Wildman–Crippen MR) is 74.8 cm³/mol. The Morgan fingerprint density at radius 1 is 1.09 bits per heavy atom. The molecular formula is C16H12O6. The number of hydrogen-bond donors (Lipinski definition) is 2. The topological polar surface area (TPSA) is 101 Å². The van der Waals surface area contributed by atoms with Crippen molar-refractivity contribution in [3.05, 3.63) is 46.6 Å². The first-order valence-corrected chi connectivity index (χ1v) is 6.61. The van der Waals surface area contributed by atoms with E-state index in [2.05, 4.69) is 0 Å². The lowest BCUT2D eigenvalue weighted by Gasteiger charge is -2.25. The van der Waals surface area contributed by atoms with E-state index >= 15 is 0 Å². The van der Waals surface area contributed by atoms with Gasteiger partial charge in [0.15, 0.2) is 11.6 Å². The van der Waals surface area contributed by atoms with Crippen LogP contribution in [0.5, 0.6) is 11.5 Å². The monoisotopic (exact) mass is 300 g/mol. The number of fused-ring (bicyclic) bond motifs is 1. The number of benzene rings is 1. The molecule has 112 valence electrons. The lowest BCUT2D eigenvalue weighted by molar-refractivity contribution is -0.145. The van der Waals surface area contributed by atoms with E-state index in [1.165, 1.54) is 0 Å². The van der Waals surface area contributed by atoms with E-state index in [-0.39, 0.29) is 28.9 Å². The summed E-state index contributed by atoms with van der Waals surface area (Å²) in [5.74, 6) is -2.54. The molecule has 1 unspecified atom stereocenters. The Labute approximate surface area is 125 Å². The molecule has 0 radical (unpaired) electrons. The van der Waals surface area contributed by atoms with E-state index in [0.717, 1.165) is 23.8 Å². The molecule has 1 aromatic carbocycles. The van der Waals surface area contributed by atoms with Crippen molar-refractivity contribution >= 4 is 17.5 Å². The van der Waals surface area contributed by atoms with Crippen LogP contribution in [0.4, 0.5) is 0 Å². The Hall–Kier alpha value is -2.89. The second kappa shape index (κ2) is 4.84. The van der Waals surface area contributed by atoms with E-state index in [4.69, 9.17) is 4.74 Å². The maximum Gasteiger partial charge on any atom is 0.310 e. The van der Waals surface area contributed by atoms with Gasteiger partial charge in [0.05, 0.1) is 17.5 Å². The summed E-state index contributed by atoms with van der Waals surface area (Å²) in [6, 6.07) is 2.28. The van der Waals surface area contributed by atoms with Crippen LogP contribution < -0.4 is 0 Å². The van der Waals surface area contributed by atoms with E-state index in [9.17, 15) is 24.6 Å². The molecule has 3 rings (SSSR count). The SMILES string of the molecule is CC1=CC(C2=CC(=O)c3c(O)ccc(O)c3C2=O)OC(=O)C1. The highest BCUT2D eigenvalue weighted by Crippen LogP contribution is 2.36. The van der Waals surface area contributed by atoms with Gasteiger partial charge in [0, 0.05) is 5.57 Å². The molecule has 0 aromatic heterocycles. The number of ether oxygens (including phenoxy) is 1. The highest BCUT2D eigenvalue weighted by molar-refractivity contribution is 6.27. The number of hydrogen-bond acceptors (Lipinski definition) is 6. The highest BCUT2D eigenvalue weighted by atomic mass is 16.5. The minimum absolute atomic E-state index is 0.0363. The first kappa shape index (κ1) is 14.1. The van der Waals surface area contributed by atoms with Gasteiger partial charge in [-0.25, -0.2) is 0 Å². The Morgan fingerprint density at radius 3 is 2.36 bits per heavy atom. The maximum atomic E-state index is 12.5. The number of cyclic esters (lactones) is 1. The van der Waals surface area contributed by atoms with E-state index in [1.54, 1.807) is 13.0 Å². The van der Waals surface area contributed by atoms with Crippen LogP contribution in [-0.2, 0) is 9.53 Å². The molecule has 6 nitrogen and oxygen atoms in total. The minimum atomic E-state index is -0.965. The number of carbonyl (C=O) groups excluding carboxylic acids is 3. The second-order valence-electron chi connectivity index (χ2n) is 5.25. The lowest BCUT2D eigenvalue weighted by Crippen LogP contribution is -2.30. The zero-order valence-electron chi connectivity index (χ0n) is 11.6. The fraction of sp³-hybridized carbons (Fsp3) is 0.188. The molecule has 1 atom stereocenters. The third-order valence-electron chi connectivity index (χ3n) is 3.61. The van der Waals surface area contributed by atoms with Gasteiger partial charge in [-0.15, -0.1) is 0 Å². The van der Waals surface area contributed by atoms with E-state index in [0.29, 0.717) is 0 Å². The molecule has 1 aliphatic carbocycles. The van der Waals surface area contributed by atoms with Crippen LogP contribution in [0.25, 0.3) is 0 Å². The highest BCUT2D eigenvalue weighted by Gasteiger charge is 2.36. The summed E-state index contributed by atoms with van der Waals surface area (Å²) in [6.07, 6.45) is 1.79. The van der Waals surface area contributed by atoms with Gasteiger partial charge < -0.3 is 14.9 Å². The van der Waals surface area contributed by atoms with Gasteiger partial charge in [0.25, 0.3) is 0 Å². The predicted octanol–water partition coefficient (Wildman–Crippen LogP) is 1.66. The molecule has 0 amide bonds. The summed E-state index contributed by atoms with van der Waals surface area (Å²) >= 11 is 0. The third kappa shape index (κ3) is 2.09. The summed E-state index contributed by atoms with van der Waals surface area (Å²) in [5, 5.41) is 19.6. The van der Waals surface area contributed by atoms with Crippen LogP contribution in [0.3, 0.4) is 0 Å². The molecule has 0 saturated carbocycles. The smallest absolute Gasteiger partial charge is 0.310 e. The largest absolute Gasteiger partial charge is 0.507 e. The quantitative estimate of drug-likeness (QED) is 0.465. The molecule has 22 heavy (non-hydrogen) atoms. The number of phenols is 2. The summed E-state index contributed by atoms with van der Waals surface area (Å²) < 4.78 is 5.10. The van der Waals surface area contributed by atoms with Gasteiger partial charge in [-0.2, -0.15) is 0 Å². The number of allylic oxidation sites excluding steroid dienone is 1. The average Bonchev–Trinajstić information content (AvgIpc) is 2.44. The number of esters is 1. The molecule has 1 aromatic rings. The van der Waals surface area contributed by atoms with Gasteiger partial charge in [-0.05, 0) is 31.2 Å². The van der Waals surface area contributed by atoms with E-state index < -0.39 is 29.4 Å². The Balaban J connectivity index is 2.12. The molecule has 0 saturated heterocycles. The number of aromatic hydroxyl groups is 2. The zero-order chi connectivity index (χ0) is 16.0. The molecule has 2 N–H and O–H groups in total. The van der Waals surface area contributed by atoms with Crippen molar-refractivity contribution in [1.29, 1.82) is 0 Å². The minimum Gasteiger partial charge on any atom is -0.507 e. The van der Waals surface area contributed by atoms with Gasteiger partial charge in [-0.3, -0.25) is 14.4 Å². The van der Waals surface area contributed by atoms with Crippen LogP contribution in [0.2, 0.25) is 0 Å². The molecule has 0 spiro atoms. The fourth-order valence-corrected chi connectivity index (χ4v) is 2.61. The van der Waals surface area contributed by atoms with Crippen molar-refractivity contribution in [3.63, 3.8) is 0 Å². The number of carbonyl (C=O) groups is 3. The maximum absolute atomic E-state index is 12.5. The Kier molecular flexibility index (Phi) is 3.09. The van der Waals surface area contributed by atoms with Crippen molar-refractivity contribution in [1.82, 2.24) is 0 Å². The summed E-state index contributed by atoms with van der Waals surface area (Å²) in [4.78, 5) is 36.2. The molecule has 6 heteroatoms. The van der Waals surface area contributed by atoms with Crippen LogP contribution in [0.15, 0.2) is 35.4 Å². The molecule has 2 aliphatic rings. The molecule has 1 heterocycles. The Bertz CT molecular complexity index is 784. The van der Waals surface area contributed by atoms with Gasteiger partial charge >= 0.3 is 5.97 Å². The van der Waals surface area contributed by atoms with Crippen LogP contribution in [0.1, 0.15) is 34.1 Å². The van der Waals surface area contributed by atoms with Crippen molar-refractivity contribution < 1.29 is 29.3 Å². The molecule has 0 fully saturated rings. The average molecular weight is 300 g/mol. The zero-order valence-corrected chi connectivity index (χ0v) is 11.6. The first-order valence-electron chi connectivity index (χ1n) is 6.61. The van der Waals surface area contributed by atoms with Crippen molar-refractivity contribution in [2.75, 3.05) is 0 Å². The summed E-state index contributed by atoms with van der Waals surface area (Å²) in [6.45, 7) is 1.72. The number of phenolic OH excluding ortho intramolecular Hbond substituents is 2. The fourth-order valence-electron chi connectivity index (χ4n) is 2.61. The van der Waals surface area contributed by atoms with Crippen molar-refractivity contribution in [3.8, 4) is 11.5 Å². The molecule has 1 aliphatic heterocycles. The Morgan fingerprint density at radius 2 is 1.73 bits per heavy atom. The second-order valence-corrected chi connectivity index (χ2v) is 5.25. The van der Waals surface area contributed by atoms with Crippen LogP contribution >= 0.6 is 0 Å². The molecule has 0 bridgehead atoms. The number of ketones is 2. The number of Topliss-reactive ketones (excluding diaryl/α,β-unsaturated/α-hetero) is 1. The van der Waals surface area contributed by atoms with Gasteiger partial charge in [-0.1, -0.05) is 5.57 Å². The van der Waals surface area contributed by atoms with Crippen LogP contribution in [0, 0.1) is 0 Å². The van der Waals surface area contributed by atoms with Crippen molar-refractivity contribution in [2.24, 2.45) is 0 Å². The van der Waals surface area contributed by atoms with Crippen molar-refractivity contribution in [2.45, 2.75) is 19.4 Å². The number of rotatable bonds is 1. The van der Waals surface area contributed by atoms with Crippen LogP contribution in [-0.4, -0.2) is 33.9 Å². The molecular weight excluding hydrogens is 288 g/mol. The van der Waals surface area contributed by atoms with Gasteiger partial charge in [0.2, 0.25) is 0 Å². The first-order chi connectivity index (χ1) is 10.4. The van der Waals surface area contributed by atoms with E-state index in [1.807, 2.05) is 0 Å². The third-order valence-corrected chi connectivity index (χ3v) is 3.61. The summed E-state index contributed by atoms with van der Waals surface area (Å²) in [5.41, 5.74) is 0.186. The lowest BCUT2D eigenvalue weighted by atomic mass is 9.85. The standard InChI is InChI=1S/C16H12O6/c1-7-4-12(22-13(20)5-7)8-6-11(19)14-9(17)2-3-10(18)15(14)16(8)21/h2-4,6,12,17-18H,5H2,1H3. The summed E-state index contributed by atoms with van der Waals surface area (Å²) in [7, 11) is 0.